The molecule has 6 nitrogen and oxygen atoms in total. The number of thiazole rings is 1. The molecule has 0 aliphatic rings. The van der Waals surface area contributed by atoms with E-state index in [1.54, 1.807) is 25.2 Å². The van der Waals surface area contributed by atoms with Gasteiger partial charge in [0.15, 0.2) is 0 Å². The maximum atomic E-state index is 12.2. The number of H-pyrrole nitrogens is 1. The number of fused-ring (bicyclic) bond motifs is 1. The monoisotopic (exact) mass is 394 g/mol. The number of pyridine rings is 1. The van der Waals surface area contributed by atoms with E-state index in [1.165, 1.54) is 4.70 Å². The number of nitrogens with zero attached hydrogens (tertiary/aromatic N) is 2. The summed E-state index contributed by atoms with van der Waals surface area (Å²) in [7, 11) is 0. The van der Waals surface area contributed by atoms with Gasteiger partial charge < -0.3 is 10.3 Å². The lowest BCUT2D eigenvalue weighted by Crippen LogP contribution is -2.25. The molecule has 0 bridgehead atoms. The molecule has 0 spiro atoms. The number of rotatable bonds is 7. The average Bonchev–Trinajstić information content (AvgIpc) is 3.08. The number of carbonyl (C=O) groups is 1. The lowest BCUT2D eigenvalue weighted by atomic mass is 9.99. The zero-order chi connectivity index (χ0) is 20.1. The molecule has 0 fully saturated rings. The van der Waals surface area contributed by atoms with Crippen molar-refractivity contribution in [1.29, 1.82) is 5.26 Å². The van der Waals surface area contributed by atoms with Gasteiger partial charge in [-0.05, 0) is 49.9 Å². The van der Waals surface area contributed by atoms with E-state index >= 15 is 0 Å². The SMILES string of the molecule is Cc1[nH]c(=O)c(C#N)c(C)c1CCC(=O)NCCCc1nc2ccccc2s1. The van der Waals surface area contributed by atoms with E-state index < -0.39 is 0 Å². The van der Waals surface area contributed by atoms with E-state index in [9.17, 15) is 9.59 Å². The summed E-state index contributed by atoms with van der Waals surface area (Å²) in [5, 5.41) is 13.1. The lowest BCUT2D eigenvalue weighted by Gasteiger charge is -2.11. The number of hydrogen-bond donors (Lipinski definition) is 2. The molecule has 0 unspecified atom stereocenters. The van der Waals surface area contributed by atoms with Crippen molar-refractivity contribution in [3.63, 3.8) is 0 Å². The zero-order valence-corrected chi connectivity index (χ0v) is 16.8. The van der Waals surface area contributed by atoms with Gasteiger partial charge in [-0.2, -0.15) is 5.26 Å². The number of aromatic amines is 1. The number of aromatic nitrogens is 2. The molecule has 28 heavy (non-hydrogen) atoms. The summed E-state index contributed by atoms with van der Waals surface area (Å²) < 4.78 is 1.19. The summed E-state index contributed by atoms with van der Waals surface area (Å²) >= 11 is 1.69. The lowest BCUT2D eigenvalue weighted by molar-refractivity contribution is -0.121. The van der Waals surface area contributed by atoms with Gasteiger partial charge in [0, 0.05) is 25.1 Å². The number of benzene rings is 1. The van der Waals surface area contributed by atoms with Crippen LogP contribution in [0, 0.1) is 25.2 Å². The minimum Gasteiger partial charge on any atom is -0.356 e. The molecule has 1 amide bonds. The summed E-state index contributed by atoms with van der Waals surface area (Å²) in [6.07, 6.45) is 2.48. The highest BCUT2D eigenvalue weighted by molar-refractivity contribution is 7.18. The van der Waals surface area contributed by atoms with Gasteiger partial charge >= 0.3 is 0 Å². The summed E-state index contributed by atoms with van der Waals surface area (Å²) in [5.74, 6) is -0.0344. The molecule has 2 aromatic heterocycles. The van der Waals surface area contributed by atoms with Crippen molar-refractivity contribution in [3.05, 3.63) is 62.0 Å². The van der Waals surface area contributed by atoms with Crippen LogP contribution < -0.4 is 10.9 Å². The van der Waals surface area contributed by atoms with Crippen LogP contribution in [-0.4, -0.2) is 22.4 Å². The molecule has 0 saturated heterocycles. The number of nitrogens with one attached hydrogen (secondary N) is 2. The summed E-state index contributed by atoms with van der Waals surface area (Å²) in [6.45, 7) is 4.15. The standard InChI is InChI=1S/C21H22N4O2S/c1-13-15(14(2)24-21(27)16(13)12-22)9-10-19(26)23-11-5-8-20-25-17-6-3-4-7-18(17)28-20/h3-4,6-7H,5,8-11H2,1-2H3,(H,23,26)(H,24,27). The summed E-state index contributed by atoms with van der Waals surface area (Å²) in [5.41, 5.74) is 3.01. The molecule has 2 heterocycles. The third kappa shape index (κ3) is 4.46. The third-order valence-electron chi connectivity index (χ3n) is 4.75. The molecule has 2 N–H and O–H groups in total. The maximum absolute atomic E-state index is 12.2. The highest BCUT2D eigenvalue weighted by Gasteiger charge is 2.13. The maximum Gasteiger partial charge on any atom is 0.266 e. The van der Waals surface area contributed by atoms with Crippen molar-refractivity contribution in [2.45, 2.75) is 39.5 Å². The van der Waals surface area contributed by atoms with Gasteiger partial charge in [-0.1, -0.05) is 12.1 Å². The Morgan fingerprint density at radius 1 is 1.29 bits per heavy atom. The molecule has 0 aliphatic heterocycles. The minimum absolute atomic E-state index is 0.0344. The normalized spacial score (nSPS) is 10.8. The van der Waals surface area contributed by atoms with Gasteiger partial charge in [0.1, 0.15) is 11.6 Å². The van der Waals surface area contributed by atoms with Crippen molar-refractivity contribution in [2.24, 2.45) is 0 Å². The second kappa shape index (κ2) is 8.81. The molecular weight excluding hydrogens is 372 g/mol. The summed E-state index contributed by atoms with van der Waals surface area (Å²) in [4.78, 5) is 31.2. The Bertz CT molecular complexity index is 1070. The largest absolute Gasteiger partial charge is 0.356 e. The van der Waals surface area contributed by atoms with Gasteiger partial charge in [0.2, 0.25) is 5.91 Å². The first-order chi connectivity index (χ1) is 13.5. The first-order valence-electron chi connectivity index (χ1n) is 9.23. The molecule has 3 rings (SSSR count). The number of hydrogen-bond acceptors (Lipinski definition) is 5. The van der Waals surface area contributed by atoms with Crippen LogP contribution >= 0.6 is 11.3 Å². The highest BCUT2D eigenvalue weighted by Crippen LogP contribution is 2.22. The number of amides is 1. The molecule has 0 atom stereocenters. The predicted molar refractivity (Wildman–Crippen MR) is 111 cm³/mol. The van der Waals surface area contributed by atoms with E-state index in [4.69, 9.17) is 5.26 Å². The van der Waals surface area contributed by atoms with Crippen molar-refractivity contribution in [1.82, 2.24) is 15.3 Å². The average molecular weight is 395 g/mol. The number of para-hydroxylation sites is 1. The van der Waals surface area contributed by atoms with Crippen LogP contribution in [0.4, 0.5) is 0 Å². The highest BCUT2D eigenvalue weighted by atomic mass is 32.1. The van der Waals surface area contributed by atoms with Crippen molar-refractivity contribution in [2.75, 3.05) is 6.54 Å². The molecule has 144 valence electrons. The first-order valence-corrected chi connectivity index (χ1v) is 10.0. The topological polar surface area (TPSA) is 98.6 Å². The fraction of sp³-hybridized carbons (Fsp3) is 0.333. The Labute approximate surface area is 167 Å². The number of aryl methyl sites for hydroxylation is 2. The molecule has 7 heteroatoms. The van der Waals surface area contributed by atoms with Gasteiger partial charge in [-0.25, -0.2) is 4.98 Å². The number of nitriles is 1. The smallest absolute Gasteiger partial charge is 0.266 e. The van der Waals surface area contributed by atoms with E-state index in [0.717, 1.165) is 28.9 Å². The van der Waals surface area contributed by atoms with Crippen LogP contribution in [0.15, 0.2) is 29.1 Å². The molecule has 0 radical (unpaired) electrons. The van der Waals surface area contributed by atoms with Crippen molar-refractivity contribution >= 4 is 27.5 Å². The number of carbonyl (C=O) groups excluding carboxylic acids is 1. The van der Waals surface area contributed by atoms with E-state index in [2.05, 4.69) is 21.4 Å². The molecule has 0 aliphatic carbocycles. The second-order valence-corrected chi connectivity index (χ2v) is 7.81. The van der Waals surface area contributed by atoms with Crippen LogP contribution in [-0.2, 0) is 17.6 Å². The zero-order valence-electron chi connectivity index (χ0n) is 16.0. The molecule has 1 aromatic carbocycles. The van der Waals surface area contributed by atoms with Crippen LogP contribution in [0.3, 0.4) is 0 Å². The van der Waals surface area contributed by atoms with Gasteiger partial charge in [0.05, 0.1) is 15.2 Å². The summed E-state index contributed by atoms with van der Waals surface area (Å²) in [6, 6.07) is 10.0. The predicted octanol–water partition coefficient (Wildman–Crippen LogP) is 3.15. The quantitative estimate of drug-likeness (QED) is 0.601. The minimum atomic E-state index is -0.374. The van der Waals surface area contributed by atoms with E-state index in [-0.39, 0.29) is 17.0 Å². The van der Waals surface area contributed by atoms with Crippen LogP contribution in [0.2, 0.25) is 0 Å². The Hall–Kier alpha value is -2.98. The Kier molecular flexibility index (Phi) is 6.22. The Balaban J connectivity index is 1.47. The van der Waals surface area contributed by atoms with Crippen molar-refractivity contribution < 1.29 is 4.79 Å². The van der Waals surface area contributed by atoms with Crippen LogP contribution in [0.5, 0.6) is 0 Å². The third-order valence-corrected chi connectivity index (χ3v) is 5.85. The molecule has 3 aromatic rings. The van der Waals surface area contributed by atoms with Gasteiger partial charge in [-0.3, -0.25) is 9.59 Å². The van der Waals surface area contributed by atoms with Crippen molar-refractivity contribution in [3.8, 4) is 6.07 Å². The fourth-order valence-electron chi connectivity index (χ4n) is 3.24. The Morgan fingerprint density at radius 3 is 2.82 bits per heavy atom. The second-order valence-electron chi connectivity index (χ2n) is 6.70. The molecular formula is C21H22N4O2S. The fourth-order valence-corrected chi connectivity index (χ4v) is 4.25. The van der Waals surface area contributed by atoms with E-state index in [1.807, 2.05) is 24.3 Å². The van der Waals surface area contributed by atoms with Gasteiger partial charge in [0.25, 0.3) is 5.56 Å². The molecule has 0 saturated carbocycles. The van der Waals surface area contributed by atoms with Crippen LogP contribution in [0.1, 0.15) is 40.2 Å². The van der Waals surface area contributed by atoms with Gasteiger partial charge in [-0.15, -0.1) is 11.3 Å². The van der Waals surface area contributed by atoms with Crippen LogP contribution in [0.25, 0.3) is 10.2 Å². The van der Waals surface area contributed by atoms with E-state index in [0.29, 0.717) is 30.6 Å². The Morgan fingerprint density at radius 2 is 2.07 bits per heavy atom. The first kappa shape index (κ1) is 19.8.